The van der Waals surface area contributed by atoms with Crippen LogP contribution in [0.25, 0.3) is 0 Å². The van der Waals surface area contributed by atoms with Crippen LogP contribution in [-0.2, 0) is 33.2 Å². The lowest BCUT2D eigenvalue weighted by atomic mass is 9.98. The van der Waals surface area contributed by atoms with Crippen molar-refractivity contribution in [3.63, 3.8) is 0 Å². The van der Waals surface area contributed by atoms with Gasteiger partial charge in [-0.1, -0.05) is 224 Å². The van der Waals surface area contributed by atoms with Crippen LogP contribution in [0.4, 0.5) is 0 Å². The number of carbonyl (C=O) groups is 1. The van der Waals surface area contributed by atoms with Gasteiger partial charge in [-0.15, -0.1) is 0 Å². The summed E-state index contributed by atoms with van der Waals surface area (Å²) in [5.74, 6) is -0.386. The third-order valence-electron chi connectivity index (χ3n) is 14.4. The number of esters is 1. The van der Waals surface area contributed by atoms with Crippen molar-refractivity contribution in [3.05, 3.63) is 24.3 Å². The second-order valence-electron chi connectivity index (χ2n) is 21.2. The lowest BCUT2D eigenvalue weighted by Crippen LogP contribution is -2.61. The molecule has 11 atom stereocenters. The number of carbonyl (C=O) groups excluding carboxylic acids is 1. The first kappa shape index (κ1) is 67.6. The van der Waals surface area contributed by atoms with Gasteiger partial charge in [-0.25, -0.2) is 0 Å². The van der Waals surface area contributed by atoms with Crippen LogP contribution in [0.5, 0.6) is 0 Å². The fourth-order valence-corrected chi connectivity index (χ4v) is 9.62. The van der Waals surface area contributed by atoms with E-state index in [0.717, 1.165) is 64.2 Å². The highest BCUT2D eigenvalue weighted by Crippen LogP contribution is 2.27. The summed E-state index contributed by atoms with van der Waals surface area (Å²) < 4.78 is 34.4. The van der Waals surface area contributed by atoms with E-state index in [0.29, 0.717) is 13.0 Å². The van der Waals surface area contributed by atoms with E-state index in [2.05, 4.69) is 38.2 Å². The number of rotatable bonds is 49. The molecule has 11 unspecified atom stereocenters. The van der Waals surface area contributed by atoms with Crippen molar-refractivity contribution in [1.29, 1.82) is 0 Å². The van der Waals surface area contributed by atoms with Gasteiger partial charge in [0.2, 0.25) is 0 Å². The fraction of sp³-hybridized carbons (Fsp3) is 0.915. The van der Waals surface area contributed by atoms with E-state index >= 15 is 0 Å². The third kappa shape index (κ3) is 33.4. The Morgan fingerprint density at radius 3 is 1.37 bits per heavy atom. The number of aliphatic hydroxyl groups excluding tert-OH is 7. The number of aliphatic hydroxyl groups is 7. The third-order valence-corrected chi connectivity index (χ3v) is 14.4. The van der Waals surface area contributed by atoms with Crippen molar-refractivity contribution in [2.24, 2.45) is 0 Å². The van der Waals surface area contributed by atoms with Crippen LogP contribution in [-0.4, -0.2) is 142 Å². The molecule has 7 N–H and O–H groups in total. The number of ether oxygens (including phenoxy) is 6. The predicted molar refractivity (Wildman–Crippen MR) is 289 cm³/mol. The van der Waals surface area contributed by atoms with Gasteiger partial charge >= 0.3 is 5.97 Å². The summed E-state index contributed by atoms with van der Waals surface area (Å²) in [6.07, 6.45) is 36.9. The van der Waals surface area contributed by atoms with Gasteiger partial charge < -0.3 is 64.2 Å². The molecule has 0 spiro atoms. The normalized spacial score (nSPS) is 25.1. The topological polar surface area (TPSA) is 214 Å². The molecule has 0 amide bonds. The molecular formula is C59H110O14. The Morgan fingerprint density at radius 1 is 0.452 bits per heavy atom. The molecule has 2 aliphatic rings. The molecule has 73 heavy (non-hydrogen) atoms. The summed E-state index contributed by atoms with van der Waals surface area (Å²) >= 11 is 0. The minimum atomic E-state index is -1.71. The lowest BCUT2D eigenvalue weighted by molar-refractivity contribution is -0.332. The van der Waals surface area contributed by atoms with Crippen molar-refractivity contribution in [3.8, 4) is 0 Å². The molecule has 0 radical (unpaired) electrons. The van der Waals surface area contributed by atoms with E-state index in [9.17, 15) is 40.5 Å². The van der Waals surface area contributed by atoms with Crippen LogP contribution in [0.2, 0.25) is 0 Å². The summed E-state index contributed by atoms with van der Waals surface area (Å²) in [5.41, 5.74) is 0. The fourth-order valence-electron chi connectivity index (χ4n) is 9.62. The molecule has 2 heterocycles. The maximum Gasteiger partial charge on any atom is 0.306 e. The molecule has 0 saturated carbocycles. The number of hydrogen-bond acceptors (Lipinski definition) is 14. The molecule has 0 aromatic heterocycles. The van der Waals surface area contributed by atoms with Gasteiger partial charge in [-0.2, -0.15) is 0 Å². The smallest absolute Gasteiger partial charge is 0.306 e. The van der Waals surface area contributed by atoms with E-state index in [1.165, 1.54) is 154 Å². The molecule has 0 aromatic rings. The van der Waals surface area contributed by atoms with Gasteiger partial charge in [0.1, 0.15) is 54.9 Å². The van der Waals surface area contributed by atoms with Gasteiger partial charge in [0.25, 0.3) is 0 Å². The second-order valence-corrected chi connectivity index (χ2v) is 21.2. The number of allylic oxidation sites excluding steroid dienone is 4. The Kier molecular flexibility index (Phi) is 43.1. The van der Waals surface area contributed by atoms with Gasteiger partial charge in [-0.05, 0) is 38.5 Å². The Hall–Kier alpha value is -1.53. The molecule has 14 nitrogen and oxygen atoms in total. The van der Waals surface area contributed by atoms with Crippen LogP contribution in [0.3, 0.4) is 0 Å². The zero-order chi connectivity index (χ0) is 53.0. The predicted octanol–water partition coefficient (Wildman–Crippen LogP) is 10.8. The molecule has 2 rings (SSSR count). The summed E-state index contributed by atoms with van der Waals surface area (Å²) in [4.78, 5) is 13.0. The minimum Gasteiger partial charge on any atom is -0.457 e. The summed E-state index contributed by atoms with van der Waals surface area (Å²) in [6, 6.07) is 0. The highest BCUT2D eigenvalue weighted by atomic mass is 16.7. The first-order chi connectivity index (χ1) is 35.6. The van der Waals surface area contributed by atoms with E-state index in [1.807, 2.05) is 0 Å². The SMILES string of the molecule is CCC/C=C\C/C=C\CCCCCCCC(=O)OC(COCCCCCCCCCCCCCCCCCCCCCCCCCCCC)COC1OC(COC2OC(CO)C(O)C(O)C2O)C(O)C(O)C1O. The monoisotopic (exact) mass is 1040 g/mol. The van der Waals surface area contributed by atoms with Crippen molar-refractivity contribution in [2.75, 3.05) is 33.0 Å². The van der Waals surface area contributed by atoms with E-state index in [-0.39, 0.29) is 25.6 Å². The maximum atomic E-state index is 13.0. The van der Waals surface area contributed by atoms with Crippen LogP contribution >= 0.6 is 0 Å². The van der Waals surface area contributed by atoms with Crippen molar-refractivity contribution < 1.29 is 69.0 Å². The van der Waals surface area contributed by atoms with Crippen LogP contribution in [0.15, 0.2) is 24.3 Å². The summed E-state index contributed by atoms with van der Waals surface area (Å²) in [7, 11) is 0. The molecule has 430 valence electrons. The average molecular weight is 1040 g/mol. The Balaban J connectivity index is 1.65. The van der Waals surface area contributed by atoms with Gasteiger partial charge in [-0.3, -0.25) is 4.79 Å². The van der Waals surface area contributed by atoms with Crippen molar-refractivity contribution in [1.82, 2.24) is 0 Å². The summed E-state index contributed by atoms with van der Waals surface area (Å²) in [5, 5.41) is 72.3. The Morgan fingerprint density at radius 2 is 0.877 bits per heavy atom. The molecule has 2 saturated heterocycles. The molecular weight excluding hydrogens is 933 g/mol. The molecule has 2 fully saturated rings. The Labute approximate surface area is 443 Å². The standard InChI is InChI=1S/C59H110O14/c1-3-5-7-9-11-13-15-17-18-19-20-21-22-23-24-25-26-27-28-29-31-33-35-37-39-41-43-68-45-48(71-51(61)42-40-38-36-34-32-30-16-14-12-10-8-6-4-2)46-69-58-57(67)55(65)53(63)50(73-58)47-70-59-56(66)54(64)52(62)49(44-60)72-59/h8,10,14,16,48-50,52-60,62-67H,3-7,9,11-13,15,17-47H2,1-2H3/b10-8-,16-14-. The van der Waals surface area contributed by atoms with E-state index < -0.39 is 80.7 Å². The molecule has 0 bridgehead atoms. The zero-order valence-corrected chi connectivity index (χ0v) is 46.1. The first-order valence-electron chi connectivity index (χ1n) is 29.9. The largest absolute Gasteiger partial charge is 0.457 e. The highest BCUT2D eigenvalue weighted by molar-refractivity contribution is 5.69. The number of hydrogen-bond donors (Lipinski definition) is 7. The van der Waals surface area contributed by atoms with Gasteiger partial charge in [0.05, 0.1) is 26.4 Å². The zero-order valence-electron chi connectivity index (χ0n) is 46.1. The number of unbranched alkanes of at least 4 members (excludes halogenated alkanes) is 31. The average Bonchev–Trinajstić information content (AvgIpc) is 3.39. The van der Waals surface area contributed by atoms with Crippen molar-refractivity contribution in [2.45, 2.75) is 313 Å². The maximum absolute atomic E-state index is 13.0. The van der Waals surface area contributed by atoms with E-state index in [4.69, 9.17) is 28.4 Å². The Bertz CT molecular complexity index is 1300. The molecule has 14 heteroatoms. The molecule has 0 aromatic carbocycles. The summed E-state index contributed by atoms with van der Waals surface area (Å²) in [6.45, 7) is 3.65. The second kappa shape index (κ2) is 46.6. The van der Waals surface area contributed by atoms with Crippen LogP contribution in [0.1, 0.15) is 245 Å². The minimum absolute atomic E-state index is 0.0603. The molecule has 0 aliphatic carbocycles. The highest BCUT2D eigenvalue weighted by Gasteiger charge is 2.47. The van der Waals surface area contributed by atoms with Crippen molar-refractivity contribution >= 4 is 5.97 Å². The first-order valence-corrected chi connectivity index (χ1v) is 29.9. The van der Waals surface area contributed by atoms with Gasteiger partial charge in [0, 0.05) is 13.0 Å². The van der Waals surface area contributed by atoms with Gasteiger partial charge in [0.15, 0.2) is 12.6 Å². The lowest BCUT2D eigenvalue weighted by Gasteiger charge is -2.42. The van der Waals surface area contributed by atoms with Crippen LogP contribution < -0.4 is 0 Å². The van der Waals surface area contributed by atoms with E-state index in [1.54, 1.807) is 0 Å². The molecule has 2 aliphatic heterocycles. The quantitative estimate of drug-likeness (QED) is 0.0172. The van der Waals surface area contributed by atoms with Crippen LogP contribution in [0, 0.1) is 0 Å².